The first kappa shape index (κ1) is 7.30. The Kier molecular flexibility index (Phi) is 1.79. The fourth-order valence-electron chi connectivity index (χ4n) is 0.856. The molecule has 0 atom stereocenters. The molecule has 0 unspecified atom stereocenters. The van der Waals surface area contributed by atoms with Crippen molar-refractivity contribution in [2.45, 2.75) is 0 Å². The van der Waals surface area contributed by atoms with Crippen LogP contribution in [0.2, 0.25) is 0 Å². The van der Waals surface area contributed by atoms with E-state index in [1.54, 1.807) is 19.5 Å². The molecule has 0 amide bonds. The maximum absolute atomic E-state index is 5.10. The number of oxazole rings is 1. The lowest BCUT2D eigenvalue weighted by atomic mass is 10.4. The number of nitrogens with zero attached hydrogens (tertiary/aromatic N) is 2. The molecule has 4 nitrogen and oxygen atoms in total. The van der Waals surface area contributed by atoms with Crippen molar-refractivity contribution in [3.8, 4) is 16.5 Å². The van der Waals surface area contributed by atoms with Gasteiger partial charge in [0.25, 0.3) is 0 Å². The van der Waals surface area contributed by atoms with Crippen LogP contribution >= 0.6 is 11.5 Å². The summed E-state index contributed by atoms with van der Waals surface area (Å²) in [6.45, 7) is 0. The molecule has 2 aromatic heterocycles. The fraction of sp³-hybridized carbons (Fsp3) is 0.143. The van der Waals surface area contributed by atoms with Crippen LogP contribution in [0.5, 0.6) is 5.75 Å². The van der Waals surface area contributed by atoms with Gasteiger partial charge in [0.05, 0.1) is 19.5 Å². The number of ether oxygens (including phenoxy) is 1. The minimum absolute atomic E-state index is 0.550. The number of hydrogen-bond acceptors (Lipinski definition) is 5. The van der Waals surface area contributed by atoms with Crippen LogP contribution in [-0.2, 0) is 0 Å². The molecular weight excluding hydrogens is 176 g/mol. The largest absolute Gasteiger partial charge is 0.493 e. The van der Waals surface area contributed by atoms with Crippen molar-refractivity contribution in [3.63, 3.8) is 0 Å². The third-order valence-electron chi connectivity index (χ3n) is 1.38. The second-order valence-electron chi connectivity index (χ2n) is 2.06. The SMILES string of the molecule is COc1cnsc1-c1ncco1. The second-order valence-corrected chi connectivity index (χ2v) is 2.86. The van der Waals surface area contributed by atoms with Gasteiger partial charge in [-0.2, -0.15) is 4.37 Å². The lowest BCUT2D eigenvalue weighted by molar-refractivity contribution is 0.415. The minimum Gasteiger partial charge on any atom is -0.493 e. The Balaban J connectivity index is 2.46. The highest BCUT2D eigenvalue weighted by molar-refractivity contribution is 7.09. The zero-order valence-electron chi connectivity index (χ0n) is 6.35. The Morgan fingerprint density at radius 3 is 3.17 bits per heavy atom. The average molecular weight is 182 g/mol. The molecule has 2 aromatic rings. The molecule has 0 fully saturated rings. The molecule has 0 bridgehead atoms. The van der Waals surface area contributed by atoms with Crippen LogP contribution in [-0.4, -0.2) is 16.5 Å². The molecule has 0 aliphatic rings. The lowest BCUT2D eigenvalue weighted by Gasteiger charge is -1.94. The molecule has 0 aromatic carbocycles. The van der Waals surface area contributed by atoms with E-state index in [0.29, 0.717) is 11.6 Å². The normalized spacial score (nSPS) is 10.1. The Labute approximate surface area is 73.0 Å². The Morgan fingerprint density at radius 1 is 1.58 bits per heavy atom. The summed E-state index contributed by atoms with van der Waals surface area (Å²) < 4.78 is 14.1. The minimum atomic E-state index is 0.550. The molecule has 0 saturated heterocycles. The third kappa shape index (κ3) is 1.08. The molecule has 0 spiro atoms. The predicted octanol–water partition coefficient (Wildman–Crippen LogP) is 1.81. The summed E-state index contributed by atoms with van der Waals surface area (Å²) in [5.74, 6) is 1.25. The molecule has 12 heavy (non-hydrogen) atoms. The molecule has 0 saturated carbocycles. The van der Waals surface area contributed by atoms with E-state index in [0.717, 1.165) is 4.88 Å². The van der Waals surface area contributed by atoms with Gasteiger partial charge in [0.15, 0.2) is 10.6 Å². The third-order valence-corrected chi connectivity index (χ3v) is 2.15. The van der Waals surface area contributed by atoms with Gasteiger partial charge < -0.3 is 9.15 Å². The highest BCUT2D eigenvalue weighted by atomic mass is 32.1. The number of hydrogen-bond donors (Lipinski definition) is 0. The number of aromatic nitrogens is 2. The van der Waals surface area contributed by atoms with Crippen LogP contribution in [0.3, 0.4) is 0 Å². The van der Waals surface area contributed by atoms with Gasteiger partial charge in [0.1, 0.15) is 6.26 Å². The monoisotopic (exact) mass is 182 g/mol. The maximum atomic E-state index is 5.10. The lowest BCUT2D eigenvalue weighted by Crippen LogP contribution is -1.81. The van der Waals surface area contributed by atoms with Crippen molar-refractivity contribution < 1.29 is 9.15 Å². The Hall–Kier alpha value is -1.36. The van der Waals surface area contributed by atoms with Crippen LogP contribution in [0.15, 0.2) is 23.1 Å². The average Bonchev–Trinajstić information content (AvgIpc) is 2.74. The van der Waals surface area contributed by atoms with E-state index in [1.165, 1.54) is 17.8 Å². The van der Waals surface area contributed by atoms with E-state index < -0.39 is 0 Å². The predicted molar refractivity (Wildman–Crippen MR) is 44.2 cm³/mol. The standard InChI is InChI=1S/C7H6N2O2S/c1-10-5-4-9-12-6(5)7-8-2-3-11-7/h2-4H,1H3. The number of rotatable bonds is 2. The van der Waals surface area contributed by atoms with Gasteiger partial charge in [-0.05, 0) is 11.5 Å². The quantitative estimate of drug-likeness (QED) is 0.710. The smallest absolute Gasteiger partial charge is 0.241 e. The van der Waals surface area contributed by atoms with Crippen LogP contribution in [0.1, 0.15) is 0 Å². The Bertz CT molecular complexity index is 355. The summed E-state index contributed by atoms with van der Waals surface area (Å²) in [4.78, 5) is 4.81. The molecule has 0 aliphatic heterocycles. The number of methoxy groups -OCH3 is 1. The van der Waals surface area contributed by atoms with Gasteiger partial charge in [-0.25, -0.2) is 4.98 Å². The van der Waals surface area contributed by atoms with Crippen molar-refractivity contribution in [2.24, 2.45) is 0 Å². The summed E-state index contributed by atoms with van der Waals surface area (Å²) in [6, 6.07) is 0. The van der Waals surface area contributed by atoms with Gasteiger partial charge in [-0.1, -0.05) is 0 Å². The Morgan fingerprint density at radius 2 is 2.50 bits per heavy atom. The maximum Gasteiger partial charge on any atom is 0.241 e. The topological polar surface area (TPSA) is 48.2 Å². The molecule has 0 N–H and O–H groups in total. The summed E-state index contributed by atoms with van der Waals surface area (Å²) in [5, 5.41) is 0. The zero-order chi connectivity index (χ0) is 8.39. The van der Waals surface area contributed by atoms with Crippen molar-refractivity contribution in [1.82, 2.24) is 9.36 Å². The second kappa shape index (κ2) is 2.94. The van der Waals surface area contributed by atoms with Crippen molar-refractivity contribution in [1.29, 1.82) is 0 Å². The van der Waals surface area contributed by atoms with E-state index in [1.807, 2.05) is 0 Å². The van der Waals surface area contributed by atoms with E-state index in [9.17, 15) is 0 Å². The van der Waals surface area contributed by atoms with Gasteiger partial charge in [0, 0.05) is 0 Å². The van der Waals surface area contributed by atoms with Crippen molar-refractivity contribution in [3.05, 3.63) is 18.7 Å². The first-order chi connectivity index (χ1) is 5.92. The van der Waals surface area contributed by atoms with Gasteiger partial charge >= 0.3 is 0 Å². The molecule has 62 valence electrons. The van der Waals surface area contributed by atoms with Crippen molar-refractivity contribution >= 4 is 11.5 Å². The summed E-state index contributed by atoms with van der Waals surface area (Å²) in [6.07, 6.45) is 4.76. The van der Waals surface area contributed by atoms with Gasteiger partial charge in [-0.15, -0.1) is 0 Å². The summed E-state index contributed by atoms with van der Waals surface area (Å²) >= 11 is 1.30. The molecule has 0 radical (unpaired) electrons. The molecule has 2 rings (SSSR count). The molecular formula is C7H6N2O2S. The van der Waals surface area contributed by atoms with E-state index in [2.05, 4.69) is 9.36 Å². The van der Waals surface area contributed by atoms with Crippen LogP contribution in [0, 0.1) is 0 Å². The highest BCUT2D eigenvalue weighted by Gasteiger charge is 2.11. The highest BCUT2D eigenvalue weighted by Crippen LogP contribution is 2.31. The van der Waals surface area contributed by atoms with Crippen molar-refractivity contribution in [2.75, 3.05) is 7.11 Å². The fourth-order valence-corrected chi connectivity index (χ4v) is 1.51. The van der Waals surface area contributed by atoms with Gasteiger partial charge in [0.2, 0.25) is 5.89 Å². The van der Waals surface area contributed by atoms with Gasteiger partial charge in [-0.3, -0.25) is 0 Å². The first-order valence-corrected chi connectivity index (χ1v) is 4.07. The van der Waals surface area contributed by atoms with E-state index in [4.69, 9.17) is 9.15 Å². The summed E-state index contributed by atoms with van der Waals surface area (Å²) in [7, 11) is 1.59. The molecule has 2 heterocycles. The van der Waals surface area contributed by atoms with Crippen LogP contribution in [0.4, 0.5) is 0 Å². The molecule has 5 heteroatoms. The zero-order valence-corrected chi connectivity index (χ0v) is 7.17. The van der Waals surface area contributed by atoms with Crippen LogP contribution < -0.4 is 4.74 Å². The van der Waals surface area contributed by atoms with E-state index in [-0.39, 0.29) is 0 Å². The van der Waals surface area contributed by atoms with E-state index >= 15 is 0 Å². The van der Waals surface area contributed by atoms with Crippen LogP contribution in [0.25, 0.3) is 10.8 Å². The first-order valence-electron chi connectivity index (χ1n) is 3.30. The summed E-state index contributed by atoms with van der Waals surface area (Å²) in [5.41, 5.74) is 0. The molecule has 0 aliphatic carbocycles.